The number of oxime groups is 1. The van der Waals surface area contributed by atoms with Crippen molar-refractivity contribution >= 4 is 33.0 Å². The Bertz CT molecular complexity index is 807. The van der Waals surface area contributed by atoms with Gasteiger partial charge in [-0.3, -0.25) is 4.31 Å². The number of benzene rings is 1. The van der Waals surface area contributed by atoms with Gasteiger partial charge in [-0.1, -0.05) is 42.9 Å². The lowest BCUT2D eigenvalue weighted by atomic mass is 9.90. The average Bonchev–Trinajstić information content (AvgIpc) is 2.64. The molecule has 1 aliphatic carbocycles. The standard InChI is InChI=1S/C18H24ClF3N2O3S/c1-3-16(23-27-12-13-7-5-4-6-8-13)15-11-14(19)9-10-17(15)24(2)28(25,26)18(20,21)22/h9-11,13H,3-8,12H2,1-2H3/b23-16+. The molecule has 158 valence electrons. The summed E-state index contributed by atoms with van der Waals surface area (Å²) in [6.07, 6.45) is 5.97. The monoisotopic (exact) mass is 440 g/mol. The van der Waals surface area contributed by atoms with Crippen LogP contribution >= 0.6 is 11.6 Å². The fourth-order valence-electron chi connectivity index (χ4n) is 3.18. The lowest BCUT2D eigenvalue weighted by Crippen LogP contribution is -2.38. The summed E-state index contributed by atoms with van der Waals surface area (Å²) >= 11 is 6.00. The van der Waals surface area contributed by atoms with Crippen LogP contribution in [0.1, 0.15) is 51.0 Å². The molecule has 5 nitrogen and oxygen atoms in total. The molecule has 0 N–H and O–H groups in total. The Kier molecular flexibility index (Phi) is 7.61. The number of hydrogen-bond acceptors (Lipinski definition) is 4. The predicted molar refractivity (Wildman–Crippen MR) is 104 cm³/mol. The van der Waals surface area contributed by atoms with E-state index in [1.165, 1.54) is 24.6 Å². The van der Waals surface area contributed by atoms with Crippen LogP contribution in [-0.2, 0) is 14.9 Å². The van der Waals surface area contributed by atoms with Crippen LogP contribution < -0.4 is 4.31 Å². The van der Waals surface area contributed by atoms with E-state index in [1.807, 2.05) is 0 Å². The van der Waals surface area contributed by atoms with Crippen LogP contribution in [0, 0.1) is 5.92 Å². The second kappa shape index (κ2) is 9.35. The summed E-state index contributed by atoms with van der Waals surface area (Å²) in [6, 6.07) is 3.96. The Morgan fingerprint density at radius 3 is 2.50 bits per heavy atom. The van der Waals surface area contributed by atoms with E-state index in [2.05, 4.69) is 5.16 Å². The Hall–Kier alpha value is -1.48. The van der Waals surface area contributed by atoms with E-state index >= 15 is 0 Å². The van der Waals surface area contributed by atoms with Gasteiger partial charge < -0.3 is 4.84 Å². The van der Waals surface area contributed by atoms with Gasteiger partial charge in [-0.15, -0.1) is 0 Å². The lowest BCUT2D eigenvalue weighted by molar-refractivity contribution is -0.0437. The molecule has 0 bridgehead atoms. The Labute approximate surface area is 168 Å². The molecular weight excluding hydrogens is 417 g/mol. The van der Waals surface area contributed by atoms with Gasteiger partial charge in [-0.25, -0.2) is 0 Å². The molecule has 10 heteroatoms. The maximum absolute atomic E-state index is 13.0. The first kappa shape index (κ1) is 22.8. The predicted octanol–water partition coefficient (Wildman–Crippen LogP) is 5.34. The van der Waals surface area contributed by atoms with Gasteiger partial charge in [0.05, 0.1) is 11.4 Å². The number of sulfonamides is 1. The van der Waals surface area contributed by atoms with Gasteiger partial charge in [0.2, 0.25) is 0 Å². The minimum absolute atomic E-state index is 0.163. The van der Waals surface area contributed by atoms with Gasteiger partial charge >= 0.3 is 15.5 Å². The number of hydrogen-bond donors (Lipinski definition) is 0. The molecule has 0 saturated heterocycles. The second-order valence-corrected chi connectivity index (χ2v) is 9.17. The molecule has 0 aromatic heterocycles. The molecule has 0 aliphatic heterocycles. The molecule has 1 aromatic rings. The van der Waals surface area contributed by atoms with Crippen molar-refractivity contribution in [1.29, 1.82) is 0 Å². The van der Waals surface area contributed by atoms with Gasteiger partial charge in [0.25, 0.3) is 0 Å². The van der Waals surface area contributed by atoms with Crippen LogP contribution in [0.25, 0.3) is 0 Å². The van der Waals surface area contributed by atoms with E-state index in [1.54, 1.807) is 6.92 Å². The van der Waals surface area contributed by atoms with Crippen molar-refractivity contribution < 1.29 is 26.4 Å². The van der Waals surface area contributed by atoms with Gasteiger partial charge in [0.15, 0.2) is 0 Å². The van der Waals surface area contributed by atoms with Gasteiger partial charge in [0, 0.05) is 17.6 Å². The van der Waals surface area contributed by atoms with Crippen LogP contribution in [0.2, 0.25) is 5.02 Å². The lowest BCUT2D eigenvalue weighted by Gasteiger charge is -2.24. The Morgan fingerprint density at radius 1 is 1.29 bits per heavy atom. The second-order valence-electron chi connectivity index (χ2n) is 6.77. The summed E-state index contributed by atoms with van der Waals surface area (Å²) in [7, 11) is -4.70. The fraction of sp³-hybridized carbons (Fsp3) is 0.611. The van der Waals surface area contributed by atoms with E-state index in [-0.39, 0.29) is 20.6 Å². The number of nitrogens with zero attached hydrogens (tertiary/aromatic N) is 2. The van der Waals surface area contributed by atoms with Crippen LogP contribution in [0.3, 0.4) is 0 Å². The Balaban J connectivity index is 2.31. The largest absolute Gasteiger partial charge is 0.516 e. The van der Waals surface area contributed by atoms with Crippen molar-refractivity contribution in [3.8, 4) is 0 Å². The highest BCUT2D eigenvalue weighted by molar-refractivity contribution is 7.93. The molecule has 0 amide bonds. The van der Waals surface area contributed by atoms with Crippen LogP contribution in [0.5, 0.6) is 0 Å². The van der Waals surface area contributed by atoms with Crippen molar-refractivity contribution in [2.24, 2.45) is 11.1 Å². The summed E-state index contributed by atoms with van der Waals surface area (Å²) in [5.41, 5.74) is -5.06. The highest BCUT2D eigenvalue weighted by Gasteiger charge is 2.49. The molecule has 0 heterocycles. The topological polar surface area (TPSA) is 59.0 Å². The molecule has 1 fully saturated rings. The number of halogens is 4. The maximum atomic E-state index is 13.0. The molecule has 0 radical (unpaired) electrons. The summed E-state index contributed by atoms with van der Waals surface area (Å²) in [5, 5.41) is 4.34. The van der Waals surface area contributed by atoms with Gasteiger partial charge in [0.1, 0.15) is 6.61 Å². The van der Waals surface area contributed by atoms with Crippen LogP contribution in [0.15, 0.2) is 23.4 Å². The summed E-state index contributed by atoms with van der Waals surface area (Å²) in [5.74, 6) is 0.405. The quantitative estimate of drug-likeness (QED) is 0.425. The Morgan fingerprint density at radius 2 is 1.93 bits per heavy atom. The SMILES string of the molecule is CC/C(=N\OCC1CCCCC1)c1cc(Cl)ccc1N(C)S(=O)(=O)C(F)(F)F. The first-order chi connectivity index (χ1) is 13.1. The smallest absolute Gasteiger partial charge is 0.395 e. The van der Waals surface area contributed by atoms with E-state index in [0.717, 1.165) is 32.7 Å². The highest BCUT2D eigenvalue weighted by atomic mass is 35.5. The van der Waals surface area contributed by atoms with E-state index in [4.69, 9.17) is 16.4 Å². The van der Waals surface area contributed by atoms with E-state index < -0.39 is 15.5 Å². The zero-order valence-electron chi connectivity index (χ0n) is 15.8. The van der Waals surface area contributed by atoms with Crippen molar-refractivity contribution in [2.45, 2.75) is 51.0 Å². The average molecular weight is 441 g/mol. The van der Waals surface area contributed by atoms with Crippen molar-refractivity contribution in [1.82, 2.24) is 0 Å². The third-order valence-electron chi connectivity index (χ3n) is 4.81. The first-order valence-electron chi connectivity index (χ1n) is 9.12. The maximum Gasteiger partial charge on any atom is 0.516 e. The minimum atomic E-state index is -5.55. The number of rotatable bonds is 7. The molecule has 2 rings (SSSR count). The molecule has 0 spiro atoms. The van der Waals surface area contributed by atoms with E-state index in [9.17, 15) is 21.6 Å². The molecule has 1 saturated carbocycles. The zero-order chi connectivity index (χ0) is 20.9. The number of anilines is 1. The summed E-state index contributed by atoms with van der Waals surface area (Å²) in [4.78, 5) is 5.46. The third-order valence-corrected chi connectivity index (χ3v) is 6.54. The molecule has 1 aromatic carbocycles. The normalized spacial score (nSPS) is 16.9. The number of alkyl halides is 3. The van der Waals surface area contributed by atoms with E-state index in [0.29, 0.717) is 24.7 Å². The molecular formula is C18H24ClF3N2O3S. The molecule has 1 aliphatic rings. The summed E-state index contributed by atoms with van der Waals surface area (Å²) < 4.78 is 62.7. The van der Waals surface area contributed by atoms with Crippen LogP contribution in [0.4, 0.5) is 18.9 Å². The molecule has 0 unspecified atom stereocenters. The van der Waals surface area contributed by atoms with Gasteiger partial charge in [-0.2, -0.15) is 21.6 Å². The van der Waals surface area contributed by atoms with Crippen molar-refractivity contribution in [3.63, 3.8) is 0 Å². The highest BCUT2D eigenvalue weighted by Crippen LogP contribution is 2.33. The third kappa shape index (κ3) is 5.31. The minimum Gasteiger partial charge on any atom is -0.395 e. The molecule has 28 heavy (non-hydrogen) atoms. The summed E-state index contributed by atoms with van der Waals surface area (Å²) in [6.45, 7) is 2.18. The van der Waals surface area contributed by atoms with Crippen molar-refractivity contribution in [2.75, 3.05) is 18.0 Å². The van der Waals surface area contributed by atoms with Gasteiger partial charge in [-0.05, 0) is 43.4 Å². The molecule has 0 atom stereocenters. The fourth-order valence-corrected chi connectivity index (χ4v) is 4.08. The van der Waals surface area contributed by atoms with Crippen LogP contribution in [-0.4, -0.2) is 33.3 Å². The first-order valence-corrected chi connectivity index (χ1v) is 10.9. The zero-order valence-corrected chi connectivity index (χ0v) is 17.4. The van der Waals surface area contributed by atoms with Crippen molar-refractivity contribution in [3.05, 3.63) is 28.8 Å².